The van der Waals surface area contributed by atoms with Gasteiger partial charge in [-0.15, -0.1) is 0 Å². The van der Waals surface area contributed by atoms with Crippen LogP contribution in [0.25, 0.3) is 0 Å². The van der Waals surface area contributed by atoms with Crippen LogP contribution in [0, 0.1) is 11.8 Å². The fourth-order valence-electron chi connectivity index (χ4n) is 2.63. The Morgan fingerprint density at radius 1 is 1.39 bits per heavy atom. The van der Waals surface area contributed by atoms with Crippen LogP contribution >= 0.6 is 0 Å². The second-order valence-electron chi connectivity index (χ2n) is 6.19. The molecule has 4 nitrogen and oxygen atoms in total. The predicted molar refractivity (Wildman–Crippen MR) is 71.1 cm³/mol. The SMILES string of the molecule is CC(C)C[C@@H](N)C(=O)N(CC1CCOC1)C1CC1. The molecule has 4 heteroatoms. The van der Waals surface area contributed by atoms with Crippen LogP contribution in [-0.4, -0.2) is 42.6 Å². The number of nitrogens with zero attached hydrogens (tertiary/aromatic N) is 1. The van der Waals surface area contributed by atoms with Gasteiger partial charge in [-0.05, 0) is 31.6 Å². The summed E-state index contributed by atoms with van der Waals surface area (Å²) < 4.78 is 5.39. The molecule has 0 bridgehead atoms. The Bertz CT molecular complexity index is 284. The lowest BCUT2D eigenvalue weighted by atomic mass is 10.0. The number of nitrogens with two attached hydrogens (primary N) is 1. The summed E-state index contributed by atoms with van der Waals surface area (Å²) in [5, 5.41) is 0. The Balaban J connectivity index is 1.89. The van der Waals surface area contributed by atoms with Crippen molar-refractivity contribution in [1.29, 1.82) is 0 Å². The molecule has 18 heavy (non-hydrogen) atoms. The van der Waals surface area contributed by atoms with Gasteiger partial charge in [0.25, 0.3) is 0 Å². The highest BCUT2D eigenvalue weighted by molar-refractivity contribution is 5.82. The highest BCUT2D eigenvalue weighted by Crippen LogP contribution is 2.29. The maximum absolute atomic E-state index is 12.4. The van der Waals surface area contributed by atoms with E-state index in [0.29, 0.717) is 17.9 Å². The second kappa shape index (κ2) is 6.02. The molecule has 2 rings (SSSR count). The molecule has 2 aliphatic rings. The smallest absolute Gasteiger partial charge is 0.239 e. The molecular formula is C14H26N2O2. The van der Waals surface area contributed by atoms with Crippen molar-refractivity contribution < 1.29 is 9.53 Å². The largest absolute Gasteiger partial charge is 0.381 e. The van der Waals surface area contributed by atoms with E-state index in [9.17, 15) is 4.79 Å². The summed E-state index contributed by atoms with van der Waals surface area (Å²) in [5.41, 5.74) is 6.04. The molecule has 1 aliphatic heterocycles. The zero-order valence-electron chi connectivity index (χ0n) is 11.6. The second-order valence-corrected chi connectivity index (χ2v) is 6.19. The lowest BCUT2D eigenvalue weighted by molar-refractivity contribution is -0.134. The van der Waals surface area contributed by atoms with Crippen LogP contribution in [0.1, 0.15) is 39.5 Å². The minimum absolute atomic E-state index is 0.151. The topological polar surface area (TPSA) is 55.6 Å². The van der Waals surface area contributed by atoms with Crippen molar-refractivity contribution in [1.82, 2.24) is 4.90 Å². The van der Waals surface area contributed by atoms with Gasteiger partial charge >= 0.3 is 0 Å². The monoisotopic (exact) mass is 254 g/mol. The Kier molecular flexibility index (Phi) is 4.62. The molecule has 0 aromatic carbocycles. The molecule has 0 spiro atoms. The van der Waals surface area contributed by atoms with Gasteiger partial charge in [0.05, 0.1) is 12.6 Å². The normalized spacial score (nSPS) is 25.4. The van der Waals surface area contributed by atoms with Crippen molar-refractivity contribution in [3.05, 3.63) is 0 Å². The number of carbonyl (C=O) groups excluding carboxylic acids is 1. The maximum atomic E-state index is 12.4. The van der Waals surface area contributed by atoms with E-state index in [1.54, 1.807) is 0 Å². The van der Waals surface area contributed by atoms with E-state index in [2.05, 4.69) is 13.8 Å². The molecule has 1 saturated heterocycles. The number of rotatable bonds is 6. The fourth-order valence-corrected chi connectivity index (χ4v) is 2.63. The summed E-state index contributed by atoms with van der Waals surface area (Å²) in [6, 6.07) is 0.129. The van der Waals surface area contributed by atoms with Crippen molar-refractivity contribution in [3.63, 3.8) is 0 Å². The van der Waals surface area contributed by atoms with Crippen LogP contribution < -0.4 is 5.73 Å². The lowest BCUT2D eigenvalue weighted by Crippen LogP contribution is -2.47. The number of hydrogen-bond donors (Lipinski definition) is 1. The first-order valence-electron chi connectivity index (χ1n) is 7.21. The summed E-state index contributed by atoms with van der Waals surface area (Å²) in [7, 11) is 0. The Labute approximate surface area is 110 Å². The maximum Gasteiger partial charge on any atom is 0.239 e. The molecule has 0 radical (unpaired) electrons. The van der Waals surface area contributed by atoms with Crippen LogP contribution in [0.2, 0.25) is 0 Å². The van der Waals surface area contributed by atoms with Crippen LogP contribution in [0.3, 0.4) is 0 Å². The Hall–Kier alpha value is -0.610. The average molecular weight is 254 g/mol. The van der Waals surface area contributed by atoms with E-state index in [4.69, 9.17) is 10.5 Å². The highest BCUT2D eigenvalue weighted by Gasteiger charge is 2.36. The van der Waals surface area contributed by atoms with Gasteiger partial charge in [0.2, 0.25) is 5.91 Å². The summed E-state index contributed by atoms with van der Waals surface area (Å²) in [6.45, 7) is 6.71. The van der Waals surface area contributed by atoms with Gasteiger partial charge in [-0.25, -0.2) is 0 Å². The molecule has 2 N–H and O–H groups in total. The first-order valence-corrected chi connectivity index (χ1v) is 7.21. The Morgan fingerprint density at radius 2 is 2.11 bits per heavy atom. The Morgan fingerprint density at radius 3 is 2.61 bits per heavy atom. The van der Waals surface area contributed by atoms with Gasteiger partial charge in [0, 0.05) is 25.1 Å². The van der Waals surface area contributed by atoms with E-state index < -0.39 is 0 Å². The molecule has 1 heterocycles. The number of hydrogen-bond acceptors (Lipinski definition) is 3. The highest BCUT2D eigenvalue weighted by atomic mass is 16.5. The number of amides is 1. The van der Waals surface area contributed by atoms with E-state index in [0.717, 1.165) is 45.4 Å². The van der Waals surface area contributed by atoms with Crippen LogP contribution in [0.5, 0.6) is 0 Å². The molecular weight excluding hydrogens is 228 g/mol. The predicted octanol–water partition coefficient (Wildman–Crippen LogP) is 1.39. The van der Waals surface area contributed by atoms with E-state index >= 15 is 0 Å². The van der Waals surface area contributed by atoms with Gasteiger partial charge in [-0.2, -0.15) is 0 Å². The van der Waals surface area contributed by atoms with Crippen molar-refractivity contribution in [2.24, 2.45) is 17.6 Å². The van der Waals surface area contributed by atoms with Gasteiger partial charge < -0.3 is 15.4 Å². The summed E-state index contributed by atoms with van der Waals surface area (Å²) >= 11 is 0. The fraction of sp³-hybridized carbons (Fsp3) is 0.929. The zero-order valence-corrected chi connectivity index (χ0v) is 11.6. The van der Waals surface area contributed by atoms with Gasteiger partial charge in [-0.3, -0.25) is 4.79 Å². The van der Waals surface area contributed by atoms with Crippen LogP contribution in [0.15, 0.2) is 0 Å². The average Bonchev–Trinajstić information content (AvgIpc) is 3.02. The molecule has 1 unspecified atom stereocenters. The molecule has 2 fully saturated rings. The summed E-state index contributed by atoms with van der Waals surface area (Å²) in [5.74, 6) is 1.14. The minimum Gasteiger partial charge on any atom is -0.381 e. The molecule has 2 atom stereocenters. The molecule has 0 aromatic heterocycles. The molecule has 1 aliphatic carbocycles. The number of carbonyl (C=O) groups is 1. The van der Waals surface area contributed by atoms with E-state index in [1.807, 2.05) is 4.90 Å². The standard InChI is InChI=1S/C14H26N2O2/c1-10(2)7-13(15)14(17)16(12-3-4-12)8-11-5-6-18-9-11/h10-13H,3-9,15H2,1-2H3/t11?,13-/m1/s1. The molecule has 0 aromatic rings. The van der Waals surface area contributed by atoms with E-state index in [1.165, 1.54) is 0 Å². The third-order valence-electron chi connectivity index (χ3n) is 3.79. The quantitative estimate of drug-likeness (QED) is 0.779. The van der Waals surface area contributed by atoms with Crippen molar-refractivity contribution in [3.8, 4) is 0 Å². The van der Waals surface area contributed by atoms with Gasteiger partial charge in [0.1, 0.15) is 0 Å². The van der Waals surface area contributed by atoms with Gasteiger partial charge in [-0.1, -0.05) is 13.8 Å². The van der Waals surface area contributed by atoms with Crippen molar-refractivity contribution in [2.75, 3.05) is 19.8 Å². The minimum atomic E-state index is -0.326. The third kappa shape index (κ3) is 3.69. The third-order valence-corrected chi connectivity index (χ3v) is 3.79. The van der Waals surface area contributed by atoms with Crippen molar-refractivity contribution >= 4 is 5.91 Å². The first kappa shape index (κ1) is 13.8. The van der Waals surface area contributed by atoms with Gasteiger partial charge in [0.15, 0.2) is 0 Å². The lowest BCUT2D eigenvalue weighted by Gasteiger charge is -2.28. The molecule has 1 saturated carbocycles. The van der Waals surface area contributed by atoms with Crippen LogP contribution in [-0.2, 0) is 9.53 Å². The molecule has 1 amide bonds. The number of ether oxygens (including phenoxy) is 1. The van der Waals surface area contributed by atoms with E-state index in [-0.39, 0.29) is 11.9 Å². The van der Waals surface area contributed by atoms with Crippen molar-refractivity contribution in [2.45, 2.75) is 51.6 Å². The first-order chi connectivity index (χ1) is 8.58. The zero-order chi connectivity index (χ0) is 13.1. The summed E-state index contributed by atoms with van der Waals surface area (Å²) in [4.78, 5) is 14.4. The molecule has 104 valence electrons. The van der Waals surface area contributed by atoms with Crippen LogP contribution in [0.4, 0.5) is 0 Å². The summed E-state index contributed by atoms with van der Waals surface area (Å²) in [6.07, 6.45) is 4.15.